The van der Waals surface area contributed by atoms with Gasteiger partial charge in [0.2, 0.25) is 0 Å². The summed E-state index contributed by atoms with van der Waals surface area (Å²) >= 11 is 0. The Labute approximate surface area is 139 Å². The summed E-state index contributed by atoms with van der Waals surface area (Å²) in [5, 5.41) is 21.4. The Hall–Kier alpha value is -3.09. The summed E-state index contributed by atoms with van der Waals surface area (Å²) in [6.07, 6.45) is -1.18. The van der Waals surface area contributed by atoms with Crippen LogP contribution in [0.1, 0.15) is 30.2 Å². The second-order valence-electron chi connectivity index (χ2n) is 5.06. The lowest BCUT2D eigenvalue weighted by Gasteiger charge is -2.13. The fourth-order valence-corrected chi connectivity index (χ4v) is 2.40. The van der Waals surface area contributed by atoms with Crippen LogP contribution in [0.15, 0.2) is 0 Å². The molecule has 0 saturated carbocycles. The number of aromatic nitrogens is 2. The molecule has 0 bridgehead atoms. The van der Waals surface area contributed by atoms with Gasteiger partial charge < -0.3 is 10.8 Å². The summed E-state index contributed by atoms with van der Waals surface area (Å²) in [7, 11) is 0. The van der Waals surface area contributed by atoms with Gasteiger partial charge in [0, 0.05) is 12.0 Å². The van der Waals surface area contributed by atoms with Crippen LogP contribution in [0.3, 0.4) is 0 Å². The summed E-state index contributed by atoms with van der Waals surface area (Å²) in [5.41, 5.74) is 2.95. The van der Waals surface area contributed by atoms with E-state index in [2.05, 4.69) is 5.10 Å². The Kier molecular flexibility index (Phi) is 4.97. The fourth-order valence-electron chi connectivity index (χ4n) is 2.40. The van der Waals surface area contributed by atoms with Gasteiger partial charge in [0.05, 0.1) is 12.1 Å². The van der Waals surface area contributed by atoms with Gasteiger partial charge in [-0.1, -0.05) is 6.92 Å². The van der Waals surface area contributed by atoms with Crippen molar-refractivity contribution in [3.8, 4) is 11.8 Å². The first kappa shape index (κ1) is 18.3. The third kappa shape index (κ3) is 3.00. The van der Waals surface area contributed by atoms with Gasteiger partial charge in [0.15, 0.2) is 29.1 Å². The highest BCUT2D eigenvalue weighted by atomic mass is 19.2. The lowest BCUT2D eigenvalue weighted by atomic mass is 10.1. The molecule has 1 aromatic carbocycles. The van der Waals surface area contributed by atoms with E-state index >= 15 is 0 Å². The van der Waals surface area contributed by atoms with Crippen molar-refractivity contribution in [3.05, 3.63) is 40.1 Å². The molecule has 0 atom stereocenters. The minimum atomic E-state index is -1.71. The number of anilines is 1. The SMILES string of the molecule is CCc1c(F)c(F)c(-n2nc(N)c(C#N)c2CCC(=O)O)c(F)c1F. The number of hydrogen-bond acceptors (Lipinski definition) is 4. The Morgan fingerprint density at radius 2 is 1.80 bits per heavy atom. The molecule has 132 valence electrons. The predicted molar refractivity (Wildman–Crippen MR) is 77.9 cm³/mol. The molecule has 0 aliphatic heterocycles. The Morgan fingerprint density at radius 3 is 2.24 bits per heavy atom. The van der Waals surface area contributed by atoms with Gasteiger partial charge in [-0.25, -0.2) is 22.2 Å². The maximum atomic E-state index is 14.3. The van der Waals surface area contributed by atoms with Gasteiger partial charge in [-0.2, -0.15) is 5.26 Å². The van der Waals surface area contributed by atoms with Gasteiger partial charge in [0.1, 0.15) is 17.3 Å². The number of rotatable bonds is 5. The molecule has 1 aromatic heterocycles. The molecule has 0 saturated heterocycles. The number of hydrogen-bond donors (Lipinski definition) is 2. The van der Waals surface area contributed by atoms with Gasteiger partial charge in [0.25, 0.3) is 0 Å². The zero-order chi connectivity index (χ0) is 18.9. The zero-order valence-corrected chi connectivity index (χ0v) is 12.9. The predicted octanol–water partition coefficient (Wildman–Crippen LogP) is 2.46. The third-order valence-electron chi connectivity index (χ3n) is 3.59. The summed E-state index contributed by atoms with van der Waals surface area (Å²) in [4.78, 5) is 10.7. The minimum absolute atomic E-state index is 0.261. The molecule has 0 fully saturated rings. The fraction of sp³-hybridized carbons (Fsp3) is 0.267. The number of aliphatic carboxylic acids is 1. The van der Waals surface area contributed by atoms with Gasteiger partial charge >= 0.3 is 5.97 Å². The van der Waals surface area contributed by atoms with Crippen molar-refractivity contribution in [2.75, 3.05) is 5.73 Å². The Balaban J connectivity index is 2.79. The van der Waals surface area contributed by atoms with Crippen LogP contribution >= 0.6 is 0 Å². The van der Waals surface area contributed by atoms with Crippen molar-refractivity contribution in [1.82, 2.24) is 9.78 Å². The molecular weight excluding hydrogens is 344 g/mol. The standard InChI is InChI=1S/C15H12F4N4O2/c1-2-6-10(16)12(18)14(13(19)11(6)17)23-8(3-4-9(24)25)7(5-20)15(21)22-23/h2-4H2,1H3,(H2,21,22)(H,24,25). The number of carbonyl (C=O) groups is 1. The molecule has 0 aliphatic carbocycles. The average molecular weight is 356 g/mol. The summed E-state index contributed by atoms with van der Waals surface area (Å²) in [6, 6.07) is 1.63. The highest BCUT2D eigenvalue weighted by Gasteiger charge is 2.29. The monoisotopic (exact) mass is 356 g/mol. The summed E-state index contributed by atoms with van der Waals surface area (Å²) < 4.78 is 57.1. The molecule has 1 heterocycles. The van der Waals surface area contributed by atoms with E-state index in [-0.39, 0.29) is 24.1 Å². The van der Waals surface area contributed by atoms with Crippen molar-refractivity contribution in [3.63, 3.8) is 0 Å². The molecular formula is C15H12F4N4O2. The molecule has 6 nitrogen and oxygen atoms in total. The molecule has 0 spiro atoms. The number of nitrogen functional groups attached to an aromatic ring is 1. The lowest BCUT2D eigenvalue weighted by molar-refractivity contribution is -0.136. The first-order valence-electron chi connectivity index (χ1n) is 7.08. The summed E-state index contributed by atoms with van der Waals surface area (Å²) in [5.74, 6) is -8.29. The highest BCUT2D eigenvalue weighted by Crippen LogP contribution is 2.30. The smallest absolute Gasteiger partial charge is 0.303 e. The van der Waals surface area contributed by atoms with Crippen molar-refractivity contribution < 1.29 is 27.5 Å². The van der Waals surface area contributed by atoms with Crippen LogP contribution < -0.4 is 5.73 Å². The van der Waals surface area contributed by atoms with Crippen molar-refractivity contribution >= 4 is 11.8 Å². The van der Waals surface area contributed by atoms with Crippen LogP contribution in [0.2, 0.25) is 0 Å². The van der Waals surface area contributed by atoms with Crippen LogP contribution in [-0.2, 0) is 17.6 Å². The van der Waals surface area contributed by atoms with Gasteiger partial charge in [-0.3, -0.25) is 4.79 Å². The van der Waals surface area contributed by atoms with E-state index in [4.69, 9.17) is 16.1 Å². The van der Waals surface area contributed by atoms with Crippen LogP contribution in [-0.4, -0.2) is 20.9 Å². The van der Waals surface area contributed by atoms with Crippen LogP contribution in [0.4, 0.5) is 23.4 Å². The molecule has 0 unspecified atom stereocenters. The highest BCUT2D eigenvalue weighted by molar-refractivity contribution is 5.67. The largest absolute Gasteiger partial charge is 0.481 e. The minimum Gasteiger partial charge on any atom is -0.481 e. The van der Waals surface area contributed by atoms with Crippen LogP contribution in [0, 0.1) is 34.6 Å². The molecule has 0 aliphatic rings. The van der Waals surface area contributed by atoms with E-state index in [1.54, 1.807) is 6.07 Å². The molecule has 2 rings (SSSR count). The third-order valence-corrected chi connectivity index (χ3v) is 3.59. The van der Waals surface area contributed by atoms with E-state index < -0.39 is 52.7 Å². The first-order valence-corrected chi connectivity index (χ1v) is 7.08. The number of nitrogens with zero attached hydrogens (tertiary/aromatic N) is 3. The number of carboxylic acids is 1. The number of nitrogens with two attached hydrogens (primary N) is 1. The van der Waals surface area contributed by atoms with E-state index in [0.717, 1.165) is 0 Å². The first-order chi connectivity index (χ1) is 11.7. The molecule has 25 heavy (non-hydrogen) atoms. The Bertz CT molecular complexity index is 873. The van der Waals surface area contributed by atoms with E-state index in [1.807, 2.05) is 0 Å². The van der Waals surface area contributed by atoms with Crippen molar-refractivity contribution in [1.29, 1.82) is 5.26 Å². The van der Waals surface area contributed by atoms with Gasteiger partial charge in [-0.15, -0.1) is 5.10 Å². The topological polar surface area (TPSA) is 105 Å². The maximum Gasteiger partial charge on any atom is 0.303 e. The maximum absolute atomic E-state index is 14.3. The number of nitriles is 1. The molecule has 0 amide bonds. The molecule has 0 radical (unpaired) electrons. The second kappa shape index (κ2) is 6.80. The number of halogens is 4. The summed E-state index contributed by atoms with van der Waals surface area (Å²) in [6.45, 7) is 1.32. The second-order valence-corrected chi connectivity index (χ2v) is 5.06. The van der Waals surface area contributed by atoms with E-state index in [0.29, 0.717) is 4.68 Å². The molecule has 3 N–H and O–H groups in total. The van der Waals surface area contributed by atoms with E-state index in [1.165, 1.54) is 6.92 Å². The zero-order valence-electron chi connectivity index (χ0n) is 12.9. The number of benzene rings is 1. The van der Waals surface area contributed by atoms with Crippen molar-refractivity contribution in [2.45, 2.75) is 26.2 Å². The van der Waals surface area contributed by atoms with E-state index in [9.17, 15) is 22.4 Å². The molecule has 10 heteroatoms. The van der Waals surface area contributed by atoms with Crippen LogP contribution in [0.25, 0.3) is 5.69 Å². The molecule has 2 aromatic rings. The normalized spacial score (nSPS) is 10.7. The Morgan fingerprint density at radius 1 is 1.24 bits per heavy atom. The quantitative estimate of drug-likeness (QED) is 0.632. The average Bonchev–Trinajstić information content (AvgIpc) is 2.87. The lowest BCUT2D eigenvalue weighted by Crippen LogP contribution is -2.14. The van der Waals surface area contributed by atoms with Crippen molar-refractivity contribution in [2.24, 2.45) is 0 Å². The van der Waals surface area contributed by atoms with Crippen LogP contribution in [0.5, 0.6) is 0 Å². The number of carboxylic acid groups (broad SMARTS) is 1. The van der Waals surface area contributed by atoms with Gasteiger partial charge in [-0.05, 0) is 6.42 Å².